The third-order valence-corrected chi connectivity index (χ3v) is 4.33. The van der Waals surface area contributed by atoms with Gasteiger partial charge in [0.2, 0.25) is 5.91 Å². The minimum atomic E-state index is -3.82. The van der Waals surface area contributed by atoms with Gasteiger partial charge in [0.25, 0.3) is 10.0 Å². The number of nitrogens with one attached hydrogen (secondary N) is 1. The molecule has 0 heterocycles. The van der Waals surface area contributed by atoms with Gasteiger partial charge in [-0.15, -0.1) is 0 Å². The molecule has 2 aromatic carbocycles. The van der Waals surface area contributed by atoms with Crippen molar-refractivity contribution in [3.8, 4) is 5.75 Å². The van der Waals surface area contributed by atoms with Gasteiger partial charge >= 0.3 is 0 Å². The zero-order valence-electron chi connectivity index (χ0n) is 12.7. The van der Waals surface area contributed by atoms with E-state index in [1.165, 1.54) is 12.1 Å². The third-order valence-electron chi connectivity index (χ3n) is 2.88. The lowest BCUT2D eigenvalue weighted by molar-refractivity contribution is -0.117. The molecule has 0 bridgehead atoms. The molecule has 0 spiro atoms. The number of methoxy groups -OCH3 is 1. The van der Waals surface area contributed by atoms with Gasteiger partial charge in [-0.25, -0.2) is 13.1 Å². The number of hydrogen-bond acceptors (Lipinski definition) is 5. The Morgan fingerprint density at radius 1 is 1.17 bits per heavy atom. The van der Waals surface area contributed by atoms with E-state index >= 15 is 0 Å². The van der Waals surface area contributed by atoms with Crippen molar-refractivity contribution >= 4 is 27.8 Å². The summed E-state index contributed by atoms with van der Waals surface area (Å²) in [7, 11) is -2.23. The lowest BCUT2D eigenvalue weighted by atomic mass is 10.2. The standard InChI is InChI=1S/C16H16N2O4S/c1-12(19)18-23(20,21)16-8-6-14(7-9-16)17-11-13-4-3-5-15(10-13)22-2/h3-11H,1-2H3,(H,18,19). The Morgan fingerprint density at radius 2 is 1.87 bits per heavy atom. The molecule has 23 heavy (non-hydrogen) atoms. The molecule has 0 unspecified atom stereocenters. The van der Waals surface area contributed by atoms with Crippen LogP contribution in [0.3, 0.4) is 0 Å². The Kier molecular flexibility index (Phi) is 5.13. The molecule has 6 nitrogen and oxygen atoms in total. The number of aliphatic imine (C=N–C) groups is 1. The lowest BCUT2D eigenvalue weighted by Gasteiger charge is -2.04. The summed E-state index contributed by atoms with van der Waals surface area (Å²) in [5.74, 6) is 0.0934. The third kappa shape index (κ3) is 4.65. The largest absolute Gasteiger partial charge is 0.497 e. The van der Waals surface area contributed by atoms with Crippen LogP contribution in [0.1, 0.15) is 12.5 Å². The van der Waals surface area contributed by atoms with Crippen LogP contribution < -0.4 is 9.46 Å². The summed E-state index contributed by atoms with van der Waals surface area (Å²) in [5, 5.41) is 0. The number of hydrogen-bond donors (Lipinski definition) is 1. The molecule has 0 fully saturated rings. The van der Waals surface area contributed by atoms with E-state index in [1.807, 2.05) is 29.0 Å². The van der Waals surface area contributed by atoms with Gasteiger partial charge in [-0.3, -0.25) is 9.79 Å². The van der Waals surface area contributed by atoms with Crippen molar-refractivity contribution in [2.75, 3.05) is 7.11 Å². The van der Waals surface area contributed by atoms with Gasteiger partial charge in [0.05, 0.1) is 17.7 Å². The highest BCUT2D eigenvalue weighted by molar-refractivity contribution is 7.90. The molecule has 2 aromatic rings. The SMILES string of the molecule is COc1cccc(C=Nc2ccc(S(=O)(=O)NC(C)=O)cc2)c1. The fourth-order valence-electron chi connectivity index (χ4n) is 1.83. The first kappa shape index (κ1) is 16.7. The van der Waals surface area contributed by atoms with Crippen LogP contribution in [0.5, 0.6) is 5.75 Å². The molecular formula is C16H16N2O4S. The zero-order chi connectivity index (χ0) is 16.9. The molecule has 0 saturated carbocycles. The summed E-state index contributed by atoms with van der Waals surface area (Å²) in [4.78, 5) is 15.2. The predicted octanol–water partition coefficient (Wildman–Crippen LogP) is 2.27. The van der Waals surface area contributed by atoms with Gasteiger partial charge in [0, 0.05) is 13.1 Å². The van der Waals surface area contributed by atoms with Gasteiger partial charge in [-0.05, 0) is 42.0 Å². The van der Waals surface area contributed by atoms with Crippen LogP contribution in [-0.2, 0) is 14.8 Å². The highest BCUT2D eigenvalue weighted by atomic mass is 32.2. The minimum Gasteiger partial charge on any atom is -0.497 e. The van der Waals surface area contributed by atoms with Crippen LogP contribution in [0.25, 0.3) is 0 Å². The van der Waals surface area contributed by atoms with Gasteiger partial charge in [-0.1, -0.05) is 12.1 Å². The van der Waals surface area contributed by atoms with Crippen LogP contribution in [-0.4, -0.2) is 27.6 Å². The number of ether oxygens (including phenoxy) is 1. The van der Waals surface area contributed by atoms with E-state index in [9.17, 15) is 13.2 Å². The van der Waals surface area contributed by atoms with Gasteiger partial charge in [0.15, 0.2) is 0 Å². The summed E-state index contributed by atoms with van der Waals surface area (Å²) in [6, 6.07) is 13.3. The van der Waals surface area contributed by atoms with E-state index in [4.69, 9.17) is 4.74 Å². The number of amides is 1. The zero-order valence-corrected chi connectivity index (χ0v) is 13.5. The van der Waals surface area contributed by atoms with E-state index in [0.717, 1.165) is 18.2 Å². The smallest absolute Gasteiger partial charge is 0.264 e. The Hall–Kier alpha value is -2.67. The molecular weight excluding hydrogens is 316 g/mol. The molecule has 1 N–H and O–H groups in total. The van der Waals surface area contributed by atoms with Crippen molar-refractivity contribution in [1.29, 1.82) is 0 Å². The first-order valence-corrected chi connectivity index (χ1v) is 8.20. The van der Waals surface area contributed by atoms with Crippen molar-refractivity contribution in [2.45, 2.75) is 11.8 Å². The van der Waals surface area contributed by atoms with Crippen LogP contribution in [0.15, 0.2) is 58.4 Å². The molecule has 0 aliphatic carbocycles. The van der Waals surface area contributed by atoms with Crippen molar-refractivity contribution in [1.82, 2.24) is 4.72 Å². The Bertz CT molecular complexity index is 827. The Balaban J connectivity index is 2.16. The Labute approximate surface area is 134 Å². The van der Waals surface area contributed by atoms with Crippen molar-refractivity contribution in [3.63, 3.8) is 0 Å². The van der Waals surface area contributed by atoms with Crippen LogP contribution in [0, 0.1) is 0 Å². The summed E-state index contributed by atoms with van der Waals surface area (Å²) in [5.41, 5.74) is 1.45. The topological polar surface area (TPSA) is 84.8 Å². The monoisotopic (exact) mass is 332 g/mol. The number of carbonyl (C=O) groups excluding carboxylic acids is 1. The Morgan fingerprint density at radius 3 is 2.48 bits per heavy atom. The average Bonchev–Trinajstić information content (AvgIpc) is 2.52. The first-order chi connectivity index (χ1) is 10.9. The molecule has 1 amide bonds. The van der Waals surface area contributed by atoms with Gasteiger partial charge in [-0.2, -0.15) is 0 Å². The van der Waals surface area contributed by atoms with Crippen molar-refractivity contribution in [3.05, 3.63) is 54.1 Å². The van der Waals surface area contributed by atoms with E-state index < -0.39 is 15.9 Å². The second-order valence-corrected chi connectivity index (χ2v) is 6.37. The second-order valence-electron chi connectivity index (χ2n) is 4.69. The molecule has 0 aliphatic heterocycles. The van der Waals surface area contributed by atoms with Crippen LogP contribution in [0.2, 0.25) is 0 Å². The summed E-state index contributed by atoms with van der Waals surface area (Å²) < 4.78 is 30.7. The van der Waals surface area contributed by atoms with E-state index in [1.54, 1.807) is 25.5 Å². The maximum absolute atomic E-state index is 11.8. The summed E-state index contributed by atoms with van der Waals surface area (Å²) in [6.45, 7) is 1.14. The average molecular weight is 332 g/mol. The normalized spacial score (nSPS) is 11.4. The maximum Gasteiger partial charge on any atom is 0.264 e. The molecule has 7 heteroatoms. The number of sulfonamides is 1. The van der Waals surface area contributed by atoms with Crippen molar-refractivity contribution in [2.24, 2.45) is 4.99 Å². The number of rotatable bonds is 5. The molecule has 0 radical (unpaired) electrons. The quantitative estimate of drug-likeness (QED) is 0.851. The maximum atomic E-state index is 11.8. The fraction of sp³-hybridized carbons (Fsp3) is 0.125. The van der Waals surface area contributed by atoms with Gasteiger partial charge in [0.1, 0.15) is 5.75 Å². The first-order valence-electron chi connectivity index (χ1n) is 6.72. The van der Waals surface area contributed by atoms with Crippen LogP contribution in [0.4, 0.5) is 5.69 Å². The van der Waals surface area contributed by atoms with Crippen molar-refractivity contribution < 1.29 is 17.9 Å². The molecule has 0 aromatic heterocycles. The van der Waals surface area contributed by atoms with E-state index in [2.05, 4.69) is 4.99 Å². The van der Waals surface area contributed by atoms with Gasteiger partial charge < -0.3 is 4.74 Å². The lowest BCUT2D eigenvalue weighted by Crippen LogP contribution is -2.28. The predicted molar refractivity (Wildman–Crippen MR) is 87.7 cm³/mol. The fourth-order valence-corrected chi connectivity index (χ4v) is 2.82. The number of carbonyl (C=O) groups is 1. The highest BCUT2D eigenvalue weighted by Crippen LogP contribution is 2.17. The molecule has 0 aliphatic rings. The molecule has 2 rings (SSSR count). The van der Waals surface area contributed by atoms with E-state index in [0.29, 0.717) is 5.69 Å². The van der Waals surface area contributed by atoms with Crippen LogP contribution >= 0.6 is 0 Å². The summed E-state index contributed by atoms with van der Waals surface area (Å²) in [6.07, 6.45) is 1.65. The molecule has 0 saturated heterocycles. The van der Waals surface area contributed by atoms with E-state index in [-0.39, 0.29) is 4.90 Å². The minimum absolute atomic E-state index is 0.00744. The molecule has 120 valence electrons. The second kappa shape index (κ2) is 7.06. The highest BCUT2D eigenvalue weighted by Gasteiger charge is 2.14. The number of nitrogens with zero attached hydrogens (tertiary/aromatic N) is 1. The summed E-state index contributed by atoms with van der Waals surface area (Å²) >= 11 is 0. The number of benzene rings is 2. The molecule has 0 atom stereocenters.